The van der Waals surface area contributed by atoms with Gasteiger partial charge in [-0.2, -0.15) is 0 Å². The van der Waals surface area contributed by atoms with E-state index in [0.717, 1.165) is 27.8 Å². The summed E-state index contributed by atoms with van der Waals surface area (Å²) < 4.78 is 0. The van der Waals surface area contributed by atoms with Crippen molar-refractivity contribution in [2.24, 2.45) is 11.5 Å². The van der Waals surface area contributed by atoms with Crippen molar-refractivity contribution in [2.45, 2.75) is 57.8 Å². The average Bonchev–Trinajstić information content (AvgIpc) is 2.78. The van der Waals surface area contributed by atoms with Crippen LogP contribution in [0, 0.1) is 13.8 Å². The summed E-state index contributed by atoms with van der Waals surface area (Å²) in [5.74, 6) is -3.29. The maximum absolute atomic E-state index is 13.5. The van der Waals surface area contributed by atoms with Crippen LogP contribution in [0.5, 0.6) is 5.75 Å². The predicted molar refractivity (Wildman–Crippen MR) is 127 cm³/mol. The van der Waals surface area contributed by atoms with Crippen LogP contribution >= 0.6 is 0 Å². The second-order valence-electron chi connectivity index (χ2n) is 8.88. The molecule has 0 saturated heterocycles. The van der Waals surface area contributed by atoms with Gasteiger partial charge in [0.2, 0.25) is 17.7 Å². The molecule has 1 heterocycles. The zero-order valence-corrected chi connectivity index (χ0v) is 19.7. The van der Waals surface area contributed by atoms with Crippen molar-refractivity contribution in [3.05, 3.63) is 64.2 Å². The molecule has 1 aliphatic heterocycles. The van der Waals surface area contributed by atoms with Crippen LogP contribution in [0.25, 0.3) is 0 Å². The number of carbonyl (C=O) groups excluding carboxylic acids is 3. The van der Waals surface area contributed by atoms with Crippen LogP contribution in [-0.4, -0.2) is 56.9 Å². The molecular formula is C25H30N4O6. The Kier molecular flexibility index (Phi) is 7.75. The highest BCUT2D eigenvalue weighted by Gasteiger charge is 2.38. The number of aryl methyl sites for hydroxylation is 2. The third kappa shape index (κ3) is 5.96. The number of aliphatic carboxylic acids is 1. The van der Waals surface area contributed by atoms with Gasteiger partial charge in [-0.25, -0.2) is 0 Å². The monoisotopic (exact) mass is 482 g/mol. The van der Waals surface area contributed by atoms with Gasteiger partial charge in [0.25, 0.3) is 0 Å². The molecule has 0 spiro atoms. The number of rotatable bonds is 8. The third-order valence-electron chi connectivity index (χ3n) is 6.29. The number of nitrogens with two attached hydrogens (primary N) is 2. The molecule has 0 radical (unpaired) electrons. The SMILES string of the molecule is Cc1cc(O)cc(C)c1C[C@H](N)C(=O)N1Cc2ccccc2C[C@H]1C(=O)N[C@H](CC(=O)O)C(N)=O. The molecule has 3 amide bonds. The number of nitrogens with zero attached hydrogens (tertiary/aromatic N) is 1. The Morgan fingerprint density at radius 3 is 2.29 bits per heavy atom. The summed E-state index contributed by atoms with van der Waals surface area (Å²) in [6, 6.07) is 7.18. The van der Waals surface area contributed by atoms with E-state index in [9.17, 15) is 24.3 Å². The maximum atomic E-state index is 13.5. The molecule has 35 heavy (non-hydrogen) atoms. The molecule has 1 aliphatic rings. The van der Waals surface area contributed by atoms with E-state index in [0.29, 0.717) is 0 Å². The van der Waals surface area contributed by atoms with E-state index in [2.05, 4.69) is 5.32 Å². The van der Waals surface area contributed by atoms with E-state index in [1.165, 1.54) is 4.90 Å². The number of hydrogen-bond acceptors (Lipinski definition) is 6. The van der Waals surface area contributed by atoms with Gasteiger partial charge in [0.05, 0.1) is 12.5 Å². The zero-order valence-electron chi connectivity index (χ0n) is 19.7. The van der Waals surface area contributed by atoms with E-state index < -0.39 is 48.2 Å². The van der Waals surface area contributed by atoms with Crippen LogP contribution in [0.3, 0.4) is 0 Å². The molecule has 186 valence electrons. The Labute approximate surface area is 202 Å². The minimum Gasteiger partial charge on any atom is -0.508 e. The Balaban J connectivity index is 1.87. The number of primary amides is 1. The molecule has 2 aromatic rings. The molecule has 7 N–H and O–H groups in total. The van der Waals surface area contributed by atoms with Crippen molar-refractivity contribution in [2.75, 3.05) is 0 Å². The summed E-state index contributed by atoms with van der Waals surface area (Å²) in [5.41, 5.74) is 15.7. The average molecular weight is 483 g/mol. The first-order chi connectivity index (χ1) is 16.5. The summed E-state index contributed by atoms with van der Waals surface area (Å²) in [7, 11) is 0. The summed E-state index contributed by atoms with van der Waals surface area (Å²) in [6.45, 7) is 3.77. The van der Waals surface area contributed by atoms with Gasteiger partial charge < -0.3 is 31.9 Å². The molecule has 0 unspecified atom stereocenters. The first-order valence-electron chi connectivity index (χ1n) is 11.2. The van der Waals surface area contributed by atoms with Gasteiger partial charge in [0.1, 0.15) is 17.8 Å². The van der Waals surface area contributed by atoms with Crippen LogP contribution in [0.4, 0.5) is 0 Å². The molecule has 0 saturated carbocycles. The molecule has 10 nitrogen and oxygen atoms in total. The van der Waals surface area contributed by atoms with Gasteiger partial charge in [0, 0.05) is 13.0 Å². The van der Waals surface area contributed by atoms with Crippen molar-refractivity contribution in [3.8, 4) is 5.75 Å². The largest absolute Gasteiger partial charge is 0.508 e. The maximum Gasteiger partial charge on any atom is 0.305 e. The third-order valence-corrected chi connectivity index (χ3v) is 6.29. The molecule has 3 atom stereocenters. The van der Waals surface area contributed by atoms with E-state index in [1.807, 2.05) is 38.1 Å². The summed E-state index contributed by atoms with van der Waals surface area (Å²) in [4.78, 5) is 50.8. The fourth-order valence-electron chi connectivity index (χ4n) is 4.47. The number of amides is 3. The van der Waals surface area contributed by atoms with Crippen molar-refractivity contribution in [1.82, 2.24) is 10.2 Å². The van der Waals surface area contributed by atoms with Gasteiger partial charge in [-0.05, 0) is 60.2 Å². The van der Waals surface area contributed by atoms with E-state index >= 15 is 0 Å². The lowest BCUT2D eigenvalue weighted by Gasteiger charge is -2.38. The van der Waals surface area contributed by atoms with Gasteiger partial charge in [0.15, 0.2) is 0 Å². The number of carbonyl (C=O) groups is 4. The zero-order chi connectivity index (χ0) is 25.9. The highest BCUT2D eigenvalue weighted by Crippen LogP contribution is 2.26. The number of benzene rings is 2. The lowest BCUT2D eigenvalue weighted by atomic mass is 9.91. The van der Waals surface area contributed by atoms with Crippen molar-refractivity contribution >= 4 is 23.7 Å². The number of hydrogen-bond donors (Lipinski definition) is 5. The molecule has 10 heteroatoms. The second kappa shape index (κ2) is 10.6. The van der Waals surface area contributed by atoms with Gasteiger partial charge in [-0.3, -0.25) is 19.2 Å². The fourth-order valence-corrected chi connectivity index (χ4v) is 4.47. The molecule has 0 aromatic heterocycles. The summed E-state index contributed by atoms with van der Waals surface area (Å²) >= 11 is 0. The van der Waals surface area contributed by atoms with Crippen molar-refractivity contribution in [1.29, 1.82) is 0 Å². The standard InChI is InChI=1S/C25H30N4O6/c1-13-7-17(30)8-14(2)18(13)10-19(26)25(35)29-12-16-6-4-3-5-15(16)9-21(29)24(34)28-20(23(27)33)11-22(31)32/h3-8,19-21,30H,9-12,26H2,1-2H3,(H2,27,33)(H,28,34)(H,31,32)/t19-,20+,21-/m0/s1. The molecule has 0 fully saturated rings. The van der Waals surface area contributed by atoms with Crippen LogP contribution in [0.15, 0.2) is 36.4 Å². The number of phenols is 1. The molecule has 0 aliphatic carbocycles. The highest BCUT2D eigenvalue weighted by atomic mass is 16.4. The lowest BCUT2D eigenvalue weighted by molar-refractivity contribution is -0.144. The predicted octanol–water partition coefficient (Wildman–Crippen LogP) is 0.277. The topological polar surface area (TPSA) is 176 Å². The van der Waals surface area contributed by atoms with Crippen LogP contribution in [0.1, 0.15) is 34.2 Å². The second-order valence-corrected chi connectivity index (χ2v) is 8.88. The fraction of sp³-hybridized carbons (Fsp3) is 0.360. The van der Waals surface area contributed by atoms with Crippen molar-refractivity contribution in [3.63, 3.8) is 0 Å². The smallest absolute Gasteiger partial charge is 0.305 e. The van der Waals surface area contributed by atoms with E-state index in [1.54, 1.807) is 12.1 Å². The number of carboxylic acid groups (broad SMARTS) is 1. The van der Waals surface area contributed by atoms with E-state index in [-0.39, 0.29) is 25.1 Å². The Morgan fingerprint density at radius 2 is 1.71 bits per heavy atom. The Bertz CT molecular complexity index is 1140. The minimum absolute atomic E-state index is 0.124. The normalized spacial score (nSPS) is 16.7. The number of phenolic OH excluding ortho intramolecular Hbond substituents is 1. The van der Waals surface area contributed by atoms with E-state index in [4.69, 9.17) is 16.6 Å². The molecule has 2 aromatic carbocycles. The number of carboxylic acids is 1. The van der Waals surface area contributed by atoms with Gasteiger partial charge in [-0.1, -0.05) is 24.3 Å². The first kappa shape index (κ1) is 25.7. The number of aromatic hydroxyl groups is 1. The Hall–Kier alpha value is -3.92. The van der Waals surface area contributed by atoms with Crippen LogP contribution in [0.2, 0.25) is 0 Å². The Morgan fingerprint density at radius 1 is 1.11 bits per heavy atom. The quantitative estimate of drug-likeness (QED) is 0.359. The van der Waals surface area contributed by atoms with Crippen LogP contribution < -0.4 is 16.8 Å². The first-order valence-corrected chi connectivity index (χ1v) is 11.2. The summed E-state index contributed by atoms with van der Waals surface area (Å²) in [5, 5.41) is 21.2. The van der Waals surface area contributed by atoms with Crippen LogP contribution in [-0.2, 0) is 38.6 Å². The van der Waals surface area contributed by atoms with Gasteiger partial charge in [-0.15, -0.1) is 0 Å². The molecule has 0 bridgehead atoms. The molecular weight excluding hydrogens is 452 g/mol. The summed E-state index contributed by atoms with van der Waals surface area (Å²) in [6.07, 6.45) is -0.292. The number of nitrogens with one attached hydrogen (secondary N) is 1. The lowest BCUT2D eigenvalue weighted by Crippen LogP contribution is -2.59. The van der Waals surface area contributed by atoms with Gasteiger partial charge >= 0.3 is 5.97 Å². The molecule has 3 rings (SSSR count). The van der Waals surface area contributed by atoms with Crippen molar-refractivity contribution < 1.29 is 29.4 Å². The number of fused-ring (bicyclic) bond motifs is 1. The minimum atomic E-state index is -1.41. The highest BCUT2D eigenvalue weighted by molar-refractivity contribution is 5.94.